The molecule has 1 heterocycles. The highest BCUT2D eigenvalue weighted by Crippen LogP contribution is 2.25. The first-order valence-electron chi connectivity index (χ1n) is 5.30. The van der Waals surface area contributed by atoms with Crippen molar-refractivity contribution in [2.45, 2.75) is 26.9 Å². The molecule has 2 aromatic rings. The average Bonchev–Trinajstić information content (AvgIpc) is 2.20. The number of hydrogen-bond donors (Lipinski definition) is 0. The van der Waals surface area contributed by atoms with E-state index in [2.05, 4.69) is 4.98 Å². The number of halogens is 1. The number of benzene rings is 1. The molecule has 1 aromatic carbocycles. The fraction of sp³-hybridized carbons (Fsp3) is 0.308. The minimum atomic E-state index is -0.283. The van der Waals surface area contributed by atoms with Crippen LogP contribution in [0.15, 0.2) is 24.3 Å². The second kappa shape index (κ2) is 4.08. The van der Waals surface area contributed by atoms with Gasteiger partial charge in [-0.15, -0.1) is 0 Å². The van der Waals surface area contributed by atoms with Crippen molar-refractivity contribution in [2.24, 2.45) is 0 Å². The molecule has 2 rings (SSSR count). The van der Waals surface area contributed by atoms with Gasteiger partial charge in [-0.05, 0) is 32.9 Å². The van der Waals surface area contributed by atoms with Crippen molar-refractivity contribution in [1.82, 2.24) is 4.98 Å². The fourth-order valence-corrected chi connectivity index (χ4v) is 1.59. The molecule has 0 atom stereocenters. The summed E-state index contributed by atoms with van der Waals surface area (Å²) in [4.78, 5) is 4.23. The largest absolute Gasteiger partial charge is 0.489 e. The minimum Gasteiger partial charge on any atom is -0.489 e. The first-order valence-corrected chi connectivity index (χ1v) is 5.30. The van der Waals surface area contributed by atoms with Crippen LogP contribution in [0.3, 0.4) is 0 Å². The van der Waals surface area contributed by atoms with Crippen LogP contribution in [0.1, 0.15) is 19.5 Å². The van der Waals surface area contributed by atoms with Gasteiger partial charge in [-0.1, -0.05) is 12.1 Å². The van der Waals surface area contributed by atoms with Crippen LogP contribution in [0.4, 0.5) is 4.39 Å². The molecular weight excluding hydrogens is 205 g/mol. The summed E-state index contributed by atoms with van der Waals surface area (Å²) in [6.07, 6.45) is 0.0813. The van der Waals surface area contributed by atoms with Crippen LogP contribution in [0, 0.1) is 12.7 Å². The molecule has 0 aliphatic rings. The number of para-hydroxylation sites is 1. The Hall–Kier alpha value is -1.64. The van der Waals surface area contributed by atoms with Gasteiger partial charge in [-0.25, -0.2) is 9.37 Å². The molecule has 0 saturated carbocycles. The third-order valence-electron chi connectivity index (χ3n) is 2.30. The molecule has 3 heteroatoms. The van der Waals surface area contributed by atoms with Crippen LogP contribution in [0.5, 0.6) is 5.75 Å². The highest BCUT2D eigenvalue weighted by Gasteiger charge is 2.08. The van der Waals surface area contributed by atoms with Gasteiger partial charge in [0.05, 0.1) is 11.8 Å². The molecule has 0 fully saturated rings. The van der Waals surface area contributed by atoms with Gasteiger partial charge in [0.15, 0.2) is 0 Å². The number of ether oxygens (including phenoxy) is 1. The van der Waals surface area contributed by atoms with E-state index in [1.165, 1.54) is 6.07 Å². The van der Waals surface area contributed by atoms with E-state index in [9.17, 15) is 4.39 Å². The summed E-state index contributed by atoms with van der Waals surface area (Å²) < 4.78 is 19.0. The highest BCUT2D eigenvalue weighted by molar-refractivity contribution is 5.84. The maximum absolute atomic E-state index is 13.3. The number of nitrogens with zero attached hydrogens (tertiary/aromatic N) is 1. The van der Waals surface area contributed by atoms with E-state index in [4.69, 9.17) is 4.74 Å². The SMILES string of the molecule is Cc1nc2c(OC(C)C)cccc2cc1F. The van der Waals surface area contributed by atoms with Crippen LogP contribution in [-0.4, -0.2) is 11.1 Å². The van der Waals surface area contributed by atoms with Crippen molar-refractivity contribution in [3.8, 4) is 5.75 Å². The zero-order valence-electron chi connectivity index (χ0n) is 9.62. The van der Waals surface area contributed by atoms with Gasteiger partial charge in [-0.2, -0.15) is 0 Å². The fourth-order valence-electron chi connectivity index (χ4n) is 1.59. The number of hydrogen-bond acceptors (Lipinski definition) is 2. The third-order valence-corrected chi connectivity index (χ3v) is 2.30. The predicted molar refractivity (Wildman–Crippen MR) is 62.2 cm³/mol. The van der Waals surface area contributed by atoms with Crippen molar-refractivity contribution >= 4 is 10.9 Å². The van der Waals surface area contributed by atoms with Crippen LogP contribution in [0.2, 0.25) is 0 Å². The van der Waals surface area contributed by atoms with Gasteiger partial charge in [0.2, 0.25) is 0 Å². The molecule has 0 N–H and O–H groups in total. The number of aryl methyl sites for hydroxylation is 1. The van der Waals surface area contributed by atoms with Crippen molar-refractivity contribution in [3.63, 3.8) is 0 Å². The van der Waals surface area contributed by atoms with Gasteiger partial charge in [0.1, 0.15) is 17.1 Å². The highest BCUT2D eigenvalue weighted by atomic mass is 19.1. The van der Waals surface area contributed by atoms with Crippen LogP contribution in [0.25, 0.3) is 10.9 Å². The van der Waals surface area contributed by atoms with Crippen LogP contribution in [-0.2, 0) is 0 Å². The molecule has 0 bridgehead atoms. The molecular formula is C13H14FNO. The van der Waals surface area contributed by atoms with Gasteiger partial charge >= 0.3 is 0 Å². The Labute approximate surface area is 94.1 Å². The molecule has 2 nitrogen and oxygen atoms in total. The Morgan fingerprint density at radius 1 is 1.31 bits per heavy atom. The van der Waals surface area contributed by atoms with Gasteiger partial charge in [-0.3, -0.25) is 0 Å². The zero-order chi connectivity index (χ0) is 11.7. The average molecular weight is 219 g/mol. The summed E-state index contributed by atoms with van der Waals surface area (Å²) in [5.41, 5.74) is 1.11. The summed E-state index contributed by atoms with van der Waals surface area (Å²) in [5.74, 6) is 0.421. The second-order valence-corrected chi connectivity index (χ2v) is 4.05. The van der Waals surface area contributed by atoms with Gasteiger partial charge in [0, 0.05) is 5.39 Å². The molecule has 0 spiro atoms. The molecule has 16 heavy (non-hydrogen) atoms. The van der Waals surface area contributed by atoms with Crippen molar-refractivity contribution < 1.29 is 9.13 Å². The number of aromatic nitrogens is 1. The Morgan fingerprint density at radius 3 is 2.75 bits per heavy atom. The predicted octanol–water partition coefficient (Wildman–Crippen LogP) is 3.47. The molecule has 0 aliphatic heterocycles. The summed E-state index contributed by atoms with van der Waals surface area (Å²) in [6, 6.07) is 7.02. The van der Waals surface area contributed by atoms with Gasteiger partial charge < -0.3 is 4.74 Å². The van der Waals surface area contributed by atoms with E-state index < -0.39 is 0 Å². The van der Waals surface area contributed by atoms with Crippen LogP contribution >= 0.6 is 0 Å². The monoisotopic (exact) mass is 219 g/mol. The van der Waals surface area contributed by atoms with E-state index in [0.717, 1.165) is 10.9 Å². The topological polar surface area (TPSA) is 22.1 Å². The molecule has 0 aliphatic carbocycles. The Kier molecular flexibility index (Phi) is 2.77. The summed E-state index contributed by atoms with van der Waals surface area (Å²) in [7, 11) is 0. The van der Waals surface area contributed by atoms with E-state index in [0.29, 0.717) is 11.4 Å². The third kappa shape index (κ3) is 1.98. The molecule has 0 unspecified atom stereocenters. The molecule has 0 radical (unpaired) electrons. The van der Waals surface area contributed by atoms with Gasteiger partial charge in [0.25, 0.3) is 0 Å². The molecule has 0 saturated heterocycles. The molecule has 0 amide bonds. The maximum atomic E-state index is 13.3. The van der Waals surface area contributed by atoms with Crippen molar-refractivity contribution in [3.05, 3.63) is 35.8 Å². The summed E-state index contributed by atoms with van der Waals surface area (Å²) >= 11 is 0. The van der Waals surface area contributed by atoms with E-state index in [-0.39, 0.29) is 11.9 Å². The first-order chi connectivity index (χ1) is 7.58. The standard InChI is InChI=1S/C13H14FNO/c1-8(2)16-12-6-4-5-10-7-11(14)9(3)15-13(10)12/h4-8H,1-3H3. The summed E-state index contributed by atoms with van der Waals surface area (Å²) in [5, 5.41) is 0.765. The lowest BCUT2D eigenvalue weighted by Crippen LogP contribution is -2.06. The lowest BCUT2D eigenvalue weighted by atomic mass is 10.2. The number of pyridine rings is 1. The Bertz CT molecular complexity index is 523. The molecule has 84 valence electrons. The maximum Gasteiger partial charge on any atom is 0.145 e. The van der Waals surface area contributed by atoms with Crippen molar-refractivity contribution in [1.29, 1.82) is 0 Å². The number of fused-ring (bicyclic) bond motifs is 1. The lowest BCUT2D eigenvalue weighted by Gasteiger charge is -2.12. The quantitative estimate of drug-likeness (QED) is 0.771. The normalized spacial score (nSPS) is 11.1. The van der Waals surface area contributed by atoms with E-state index in [1.54, 1.807) is 6.92 Å². The lowest BCUT2D eigenvalue weighted by molar-refractivity contribution is 0.245. The second-order valence-electron chi connectivity index (χ2n) is 4.05. The number of rotatable bonds is 2. The Morgan fingerprint density at radius 2 is 2.06 bits per heavy atom. The van der Waals surface area contributed by atoms with Crippen LogP contribution < -0.4 is 4.74 Å². The Balaban J connectivity index is 2.62. The minimum absolute atomic E-state index is 0.0813. The molecule has 1 aromatic heterocycles. The summed E-state index contributed by atoms with van der Waals surface area (Å²) in [6.45, 7) is 5.56. The van der Waals surface area contributed by atoms with E-state index >= 15 is 0 Å². The van der Waals surface area contributed by atoms with E-state index in [1.807, 2.05) is 32.0 Å². The first kappa shape index (κ1) is 10.9. The van der Waals surface area contributed by atoms with Crippen molar-refractivity contribution in [2.75, 3.05) is 0 Å². The zero-order valence-corrected chi connectivity index (χ0v) is 9.62. The smallest absolute Gasteiger partial charge is 0.145 e.